The molecule has 1 heterocycles. The third kappa shape index (κ3) is 3.76. The number of fused-ring (bicyclic) bond motifs is 1. The predicted octanol–water partition coefficient (Wildman–Crippen LogP) is 1.95. The third-order valence-electron chi connectivity index (χ3n) is 5.14. The lowest BCUT2D eigenvalue weighted by Gasteiger charge is -2.36. The van der Waals surface area contributed by atoms with Crippen molar-refractivity contribution < 1.29 is 23.1 Å². The molecule has 0 spiro atoms. The van der Waals surface area contributed by atoms with Crippen LogP contribution in [0.1, 0.15) is 42.5 Å². The van der Waals surface area contributed by atoms with Crippen LogP contribution >= 0.6 is 0 Å². The summed E-state index contributed by atoms with van der Waals surface area (Å²) in [6.07, 6.45) is 1.09. The van der Waals surface area contributed by atoms with E-state index in [0.29, 0.717) is 18.6 Å². The molecule has 1 aliphatic heterocycles. The van der Waals surface area contributed by atoms with Gasteiger partial charge in [0.05, 0.1) is 5.75 Å². The summed E-state index contributed by atoms with van der Waals surface area (Å²) in [5.74, 6) is 0.598. The van der Waals surface area contributed by atoms with Crippen LogP contribution in [-0.2, 0) is 21.1 Å². The van der Waals surface area contributed by atoms with Crippen LogP contribution < -0.4 is 10.1 Å². The van der Waals surface area contributed by atoms with Gasteiger partial charge in [0.2, 0.25) is 0 Å². The molecule has 0 saturated heterocycles. The minimum Gasteiger partial charge on any atom is -0.507 e. The number of aromatic hydroxyl groups is 1. The van der Waals surface area contributed by atoms with Gasteiger partial charge in [0.1, 0.15) is 11.5 Å². The average Bonchev–Trinajstić information content (AvgIpc) is 2.57. The van der Waals surface area contributed by atoms with Gasteiger partial charge in [0, 0.05) is 24.3 Å². The standard InChI is InChI=1S/C18H27NO5S/c1-6-25(22,23)10-9-19-17(21)18(5)8-7-14-13(4)15(20)11(2)12(3)16(14)24-18/h20H,6-10H2,1-5H3,(H,19,21)/t18-/m0/s1. The first kappa shape index (κ1) is 19.6. The molecule has 0 aliphatic carbocycles. The molecule has 1 aromatic carbocycles. The number of amides is 1. The van der Waals surface area contributed by atoms with Gasteiger partial charge in [0.15, 0.2) is 15.4 Å². The summed E-state index contributed by atoms with van der Waals surface area (Å²) in [6, 6.07) is 0. The van der Waals surface area contributed by atoms with Crippen LogP contribution in [0.3, 0.4) is 0 Å². The van der Waals surface area contributed by atoms with Crippen LogP contribution in [0.15, 0.2) is 0 Å². The Bertz CT molecular complexity index is 800. The second kappa shape index (κ2) is 6.86. The number of phenolic OH excluding ortho intramolecular Hbond substituents is 1. The average molecular weight is 369 g/mol. The number of rotatable bonds is 5. The number of ether oxygens (including phenoxy) is 1. The van der Waals surface area contributed by atoms with Crippen molar-refractivity contribution in [3.8, 4) is 11.5 Å². The molecule has 2 N–H and O–H groups in total. The van der Waals surface area contributed by atoms with E-state index in [1.54, 1.807) is 13.8 Å². The van der Waals surface area contributed by atoms with E-state index in [-0.39, 0.29) is 29.7 Å². The molecule has 1 amide bonds. The quantitative estimate of drug-likeness (QED) is 0.828. The zero-order chi connectivity index (χ0) is 19.0. The first-order chi connectivity index (χ1) is 11.5. The highest BCUT2D eigenvalue weighted by Crippen LogP contribution is 2.43. The van der Waals surface area contributed by atoms with E-state index in [9.17, 15) is 18.3 Å². The van der Waals surface area contributed by atoms with Gasteiger partial charge in [-0.05, 0) is 50.8 Å². The fourth-order valence-electron chi connectivity index (χ4n) is 3.06. The van der Waals surface area contributed by atoms with E-state index in [1.165, 1.54) is 0 Å². The molecule has 0 unspecified atom stereocenters. The number of phenols is 1. The number of benzene rings is 1. The Labute approximate surface area is 149 Å². The molecule has 2 rings (SSSR count). The molecule has 7 heteroatoms. The van der Waals surface area contributed by atoms with Crippen LogP contribution in [0, 0.1) is 20.8 Å². The molecule has 1 aromatic rings. The molecule has 0 aromatic heterocycles. The van der Waals surface area contributed by atoms with Crippen molar-refractivity contribution in [3.63, 3.8) is 0 Å². The summed E-state index contributed by atoms with van der Waals surface area (Å²) < 4.78 is 29.2. The lowest BCUT2D eigenvalue weighted by molar-refractivity contribution is -0.136. The van der Waals surface area contributed by atoms with Gasteiger partial charge in [-0.2, -0.15) is 0 Å². The highest BCUT2D eigenvalue weighted by atomic mass is 32.2. The fraction of sp³-hybridized carbons (Fsp3) is 0.611. The summed E-state index contributed by atoms with van der Waals surface area (Å²) >= 11 is 0. The molecule has 1 atom stereocenters. The van der Waals surface area contributed by atoms with Crippen molar-refractivity contribution >= 4 is 15.7 Å². The van der Waals surface area contributed by atoms with Crippen LogP contribution in [0.25, 0.3) is 0 Å². The van der Waals surface area contributed by atoms with Gasteiger partial charge < -0.3 is 15.2 Å². The second-order valence-electron chi connectivity index (χ2n) is 6.86. The summed E-state index contributed by atoms with van der Waals surface area (Å²) in [4.78, 5) is 12.6. The number of hydrogen-bond donors (Lipinski definition) is 2. The van der Waals surface area contributed by atoms with Gasteiger partial charge in [-0.3, -0.25) is 4.79 Å². The molecule has 0 radical (unpaired) electrons. The van der Waals surface area contributed by atoms with E-state index in [1.807, 2.05) is 20.8 Å². The van der Waals surface area contributed by atoms with E-state index < -0.39 is 15.4 Å². The van der Waals surface area contributed by atoms with Crippen LogP contribution in [0.2, 0.25) is 0 Å². The van der Waals surface area contributed by atoms with Gasteiger partial charge in [0.25, 0.3) is 5.91 Å². The monoisotopic (exact) mass is 369 g/mol. The Kier molecular flexibility index (Phi) is 5.37. The normalized spacial score (nSPS) is 19.9. The maximum absolute atomic E-state index is 12.6. The van der Waals surface area contributed by atoms with Gasteiger partial charge in [-0.1, -0.05) is 6.92 Å². The molecule has 25 heavy (non-hydrogen) atoms. The van der Waals surface area contributed by atoms with Crippen molar-refractivity contribution in [3.05, 3.63) is 22.3 Å². The summed E-state index contributed by atoms with van der Waals surface area (Å²) in [5, 5.41) is 12.9. The first-order valence-electron chi connectivity index (χ1n) is 8.51. The van der Waals surface area contributed by atoms with Crippen molar-refractivity contribution in [1.82, 2.24) is 5.32 Å². The van der Waals surface area contributed by atoms with E-state index in [4.69, 9.17) is 4.74 Å². The van der Waals surface area contributed by atoms with Crippen molar-refractivity contribution in [2.75, 3.05) is 18.1 Å². The molecule has 140 valence electrons. The Morgan fingerprint density at radius 3 is 2.48 bits per heavy atom. The fourth-order valence-corrected chi connectivity index (χ4v) is 3.76. The minimum atomic E-state index is -3.12. The predicted molar refractivity (Wildman–Crippen MR) is 97.0 cm³/mol. The van der Waals surface area contributed by atoms with E-state index in [0.717, 1.165) is 22.3 Å². The highest BCUT2D eigenvalue weighted by molar-refractivity contribution is 7.91. The molecular weight excluding hydrogens is 342 g/mol. The van der Waals surface area contributed by atoms with E-state index >= 15 is 0 Å². The van der Waals surface area contributed by atoms with Gasteiger partial charge in [-0.15, -0.1) is 0 Å². The van der Waals surface area contributed by atoms with Crippen LogP contribution in [-0.4, -0.2) is 43.1 Å². The summed E-state index contributed by atoms with van der Waals surface area (Å²) in [5.41, 5.74) is 2.23. The molecular formula is C18H27NO5S. The Balaban J connectivity index is 2.19. The van der Waals surface area contributed by atoms with Crippen LogP contribution in [0.4, 0.5) is 0 Å². The zero-order valence-electron chi connectivity index (χ0n) is 15.5. The number of carbonyl (C=O) groups is 1. The Morgan fingerprint density at radius 2 is 1.88 bits per heavy atom. The molecule has 0 fully saturated rings. The Hall–Kier alpha value is -1.76. The van der Waals surface area contributed by atoms with E-state index in [2.05, 4.69) is 5.32 Å². The zero-order valence-corrected chi connectivity index (χ0v) is 16.3. The van der Waals surface area contributed by atoms with Crippen LogP contribution in [0.5, 0.6) is 11.5 Å². The molecule has 0 bridgehead atoms. The van der Waals surface area contributed by atoms with Gasteiger partial charge in [-0.25, -0.2) is 8.42 Å². The lowest BCUT2D eigenvalue weighted by atomic mass is 9.86. The Morgan fingerprint density at radius 1 is 1.24 bits per heavy atom. The summed E-state index contributed by atoms with van der Waals surface area (Å²) in [7, 11) is -3.12. The highest BCUT2D eigenvalue weighted by Gasteiger charge is 2.40. The smallest absolute Gasteiger partial charge is 0.263 e. The van der Waals surface area contributed by atoms with Crippen molar-refractivity contribution in [2.45, 2.75) is 53.1 Å². The second-order valence-corrected chi connectivity index (χ2v) is 9.33. The lowest BCUT2D eigenvalue weighted by Crippen LogP contribution is -2.51. The first-order valence-corrected chi connectivity index (χ1v) is 10.3. The SMILES string of the molecule is CCS(=O)(=O)CCNC(=O)[C@]1(C)CCc2c(C)c(O)c(C)c(C)c2O1. The maximum atomic E-state index is 12.6. The largest absolute Gasteiger partial charge is 0.507 e. The van der Waals surface area contributed by atoms with Crippen molar-refractivity contribution in [1.29, 1.82) is 0 Å². The number of hydrogen-bond acceptors (Lipinski definition) is 5. The third-order valence-corrected chi connectivity index (χ3v) is 6.84. The minimum absolute atomic E-state index is 0.0608. The molecule has 6 nitrogen and oxygen atoms in total. The molecule has 1 aliphatic rings. The van der Waals surface area contributed by atoms with Gasteiger partial charge >= 0.3 is 0 Å². The maximum Gasteiger partial charge on any atom is 0.263 e. The topological polar surface area (TPSA) is 92.7 Å². The number of sulfone groups is 1. The van der Waals surface area contributed by atoms with Crippen molar-refractivity contribution in [2.24, 2.45) is 0 Å². The number of nitrogens with one attached hydrogen (secondary N) is 1. The molecule has 0 saturated carbocycles. The summed E-state index contributed by atoms with van der Waals surface area (Å²) in [6.45, 7) is 8.92. The number of carbonyl (C=O) groups excluding carboxylic acids is 1.